The molecule has 0 aliphatic heterocycles. The summed E-state index contributed by atoms with van der Waals surface area (Å²) in [6, 6.07) is 11.2. The minimum Gasteiger partial charge on any atom is -0.507 e. The molecule has 2 heterocycles. The Morgan fingerprint density at radius 1 is 1.15 bits per heavy atom. The summed E-state index contributed by atoms with van der Waals surface area (Å²) in [4.78, 5) is 19.2. The minimum atomic E-state index is 0.0146. The van der Waals surface area contributed by atoms with Gasteiger partial charge in [-0.25, -0.2) is 4.98 Å². The molecule has 5 heteroatoms. The van der Waals surface area contributed by atoms with Gasteiger partial charge in [0.2, 0.25) is 0 Å². The smallest absolute Gasteiger partial charge is 0.257 e. The number of para-hydroxylation sites is 1. The predicted octanol–water partition coefficient (Wildman–Crippen LogP) is 4.57. The number of hydrogen-bond donors (Lipinski definition) is 1. The van der Waals surface area contributed by atoms with E-state index >= 15 is 0 Å². The Hall–Kier alpha value is -2.40. The number of aryl methyl sites for hydroxylation is 2. The molecule has 0 unspecified atom stereocenters. The number of nitrogens with zero attached hydrogens (tertiary/aromatic N) is 2. The fourth-order valence-electron chi connectivity index (χ4n) is 3.09. The Morgan fingerprint density at radius 2 is 1.96 bits per heavy atom. The van der Waals surface area contributed by atoms with Gasteiger partial charge in [0, 0.05) is 22.7 Å². The van der Waals surface area contributed by atoms with E-state index in [9.17, 15) is 9.90 Å². The van der Waals surface area contributed by atoms with Gasteiger partial charge in [-0.3, -0.25) is 9.36 Å². The molecule has 0 saturated carbocycles. The van der Waals surface area contributed by atoms with Crippen LogP contribution in [-0.4, -0.2) is 14.7 Å². The van der Waals surface area contributed by atoms with Crippen molar-refractivity contribution in [2.75, 3.05) is 0 Å². The van der Waals surface area contributed by atoms with Crippen molar-refractivity contribution < 1.29 is 5.11 Å². The third kappa shape index (κ3) is 3.88. The maximum atomic E-state index is 13.2. The van der Waals surface area contributed by atoms with Crippen LogP contribution in [0.25, 0.3) is 11.4 Å². The first-order chi connectivity index (χ1) is 12.6. The zero-order chi connectivity index (χ0) is 18.5. The second-order valence-electron chi connectivity index (χ2n) is 6.41. The van der Waals surface area contributed by atoms with Crippen LogP contribution in [0, 0.1) is 6.92 Å². The van der Waals surface area contributed by atoms with Crippen molar-refractivity contribution in [2.24, 2.45) is 0 Å². The lowest BCUT2D eigenvalue weighted by Crippen LogP contribution is -2.28. The summed E-state index contributed by atoms with van der Waals surface area (Å²) in [5, 5.41) is 12.3. The minimum absolute atomic E-state index is 0.0146. The van der Waals surface area contributed by atoms with E-state index in [1.165, 1.54) is 4.88 Å². The summed E-state index contributed by atoms with van der Waals surface area (Å²) in [5.41, 5.74) is 2.16. The zero-order valence-corrected chi connectivity index (χ0v) is 16.1. The molecule has 0 fully saturated rings. The second-order valence-corrected chi connectivity index (χ2v) is 7.44. The van der Waals surface area contributed by atoms with Gasteiger partial charge in [-0.15, -0.1) is 11.3 Å². The van der Waals surface area contributed by atoms with Gasteiger partial charge in [-0.1, -0.05) is 31.5 Å². The van der Waals surface area contributed by atoms with Crippen LogP contribution in [0.1, 0.15) is 35.9 Å². The van der Waals surface area contributed by atoms with E-state index in [0.717, 1.165) is 36.9 Å². The molecule has 0 amide bonds. The predicted molar refractivity (Wildman–Crippen MR) is 107 cm³/mol. The van der Waals surface area contributed by atoms with Crippen LogP contribution in [0.4, 0.5) is 0 Å². The van der Waals surface area contributed by atoms with Crippen molar-refractivity contribution in [3.63, 3.8) is 0 Å². The maximum absolute atomic E-state index is 13.2. The molecule has 0 bridgehead atoms. The molecule has 0 spiro atoms. The standard InChI is InChI=1S/C21H24N2O2S/c1-3-4-9-17-15(2)22-20(18-10-5-6-11-19(18)24)23(21(17)25)13-12-16-8-7-14-26-16/h5-8,10-11,14,24H,3-4,9,12-13H2,1-2H3. The molecule has 3 rings (SSSR count). The molecule has 2 aromatic heterocycles. The molecule has 1 aromatic carbocycles. The van der Waals surface area contributed by atoms with Crippen LogP contribution in [0.2, 0.25) is 0 Å². The van der Waals surface area contributed by atoms with E-state index in [2.05, 4.69) is 13.0 Å². The number of thiophene rings is 1. The lowest BCUT2D eigenvalue weighted by molar-refractivity contribution is 0.476. The molecule has 136 valence electrons. The summed E-state index contributed by atoms with van der Waals surface area (Å²) in [6.07, 6.45) is 3.53. The lowest BCUT2D eigenvalue weighted by Gasteiger charge is -2.16. The Morgan fingerprint density at radius 3 is 2.65 bits per heavy atom. The number of unbranched alkanes of at least 4 members (excludes halogenated alkanes) is 1. The van der Waals surface area contributed by atoms with E-state index in [-0.39, 0.29) is 11.3 Å². The molecule has 0 aliphatic rings. The van der Waals surface area contributed by atoms with E-state index in [1.807, 2.05) is 30.5 Å². The van der Waals surface area contributed by atoms with Gasteiger partial charge in [-0.2, -0.15) is 0 Å². The number of rotatable bonds is 7. The van der Waals surface area contributed by atoms with Crippen LogP contribution < -0.4 is 5.56 Å². The highest BCUT2D eigenvalue weighted by molar-refractivity contribution is 7.09. The third-order valence-corrected chi connectivity index (χ3v) is 5.49. The molecule has 0 aliphatic carbocycles. The van der Waals surface area contributed by atoms with Gasteiger partial charge >= 0.3 is 0 Å². The largest absolute Gasteiger partial charge is 0.507 e. The first-order valence-electron chi connectivity index (χ1n) is 9.03. The number of phenols is 1. The zero-order valence-electron chi connectivity index (χ0n) is 15.2. The van der Waals surface area contributed by atoms with Crippen molar-refractivity contribution in [3.05, 3.63) is 68.3 Å². The van der Waals surface area contributed by atoms with Crippen LogP contribution in [0.5, 0.6) is 5.75 Å². The molecular formula is C21H24N2O2S. The average Bonchev–Trinajstić information content (AvgIpc) is 3.14. The quantitative estimate of drug-likeness (QED) is 0.664. The van der Waals surface area contributed by atoms with Gasteiger partial charge in [0.15, 0.2) is 0 Å². The molecule has 26 heavy (non-hydrogen) atoms. The van der Waals surface area contributed by atoms with Crippen molar-refractivity contribution in [1.82, 2.24) is 9.55 Å². The SMILES string of the molecule is CCCCc1c(C)nc(-c2ccccc2O)n(CCc2cccs2)c1=O. The number of phenolic OH excluding ortho intramolecular Hbond substituents is 1. The Bertz CT molecular complexity index is 930. The van der Waals surface area contributed by atoms with E-state index in [0.29, 0.717) is 17.9 Å². The summed E-state index contributed by atoms with van der Waals surface area (Å²) < 4.78 is 1.73. The maximum Gasteiger partial charge on any atom is 0.257 e. The number of hydrogen-bond acceptors (Lipinski definition) is 4. The highest BCUT2D eigenvalue weighted by Crippen LogP contribution is 2.27. The summed E-state index contributed by atoms with van der Waals surface area (Å²) in [6.45, 7) is 4.56. The van der Waals surface area contributed by atoms with Crippen molar-refractivity contribution in [3.8, 4) is 17.1 Å². The molecule has 4 nitrogen and oxygen atoms in total. The van der Waals surface area contributed by atoms with Crippen LogP contribution in [-0.2, 0) is 19.4 Å². The summed E-state index contributed by atoms with van der Waals surface area (Å²) in [5.74, 6) is 0.687. The lowest BCUT2D eigenvalue weighted by atomic mass is 10.1. The third-order valence-electron chi connectivity index (χ3n) is 4.56. The normalized spacial score (nSPS) is 11.0. The van der Waals surface area contributed by atoms with Gasteiger partial charge in [0.25, 0.3) is 5.56 Å². The van der Waals surface area contributed by atoms with Crippen molar-refractivity contribution in [1.29, 1.82) is 0 Å². The van der Waals surface area contributed by atoms with Crippen molar-refractivity contribution >= 4 is 11.3 Å². The number of benzene rings is 1. The topological polar surface area (TPSA) is 55.1 Å². The van der Waals surface area contributed by atoms with Crippen LogP contribution >= 0.6 is 11.3 Å². The molecule has 3 aromatic rings. The Labute approximate surface area is 157 Å². The number of aromatic nitrogens is 2. The summed E-state index contributed by atoms with van der Waals surface area (Å²) in [7, 11) is 0. The van der Waals surface area contributed by atoms with Gasteiger partial charge in [-0.05, 0) is 49.8 Å². The first-order valence-corrected chi connectivity index (χ1v) is 9.90. The number of aromatic hydroxyl groups is 1. The summed E-state index contributed by atoms with van der Waals surface area (Å²) >= 11 is 1.69. The van der Waals surface area contributed by atoms with Crippen LogP contribution in [0.15, 0.2) is 46.6 Å². The second kappa shape index (κ2) is 8.32. The fourth-order valence-corrected chi connectivity index (χ4v) is 3.79. The molecule has 0 atom stereocenters. The molecular weight excluding hydrogens is 344 g/mol. The van der Waals surface area contributed by atoms with E-state index < -0.39 is 0 Å². The average molecular weight is 369 g/mol. The van der Waals surface area contributed by atoms with Crippen LogP contribution in [0.3, 0.4) is 0 Å². The van der Waals surface area contributed by atoms with Crippen molar-refractivity contribution in [2.45, 2.75) is 46.1 Å². The van der Waals surface area contributed by atoms with E-state index in [1.54, 1.807) is 28.0 Å². The highest BCUT2D eigenvalue weighted by Gasteiger charge is 2.17. The first kappa shape index (κ1) is 18.4. The Balaban J connectivity index is 2.09. The highest BCUT2D eigenvalue weighted by atomic mass is 32.1. The molecule has 0 radical (unpaired) electrons. The van der Waals surface area contributed by atoms with Gasteiger partial charge in [0.1, 0.15) is 11.6 Å². The molecule has 0 saturated heterocycles. The van der Waals surface area contributed by atoms with Gasteiger partial charge in [0.05, 0.1) is 5.56 Å². The fraction of sp³-hybridized carbons (Fsp3) is 0.333. The van der Waals surface area contributed by atoms with E-state index in [4.69, 9.17) is 4.98 Å². The Kier molecular flexibility index (Phi) is 5.89. The van der Waals surface area contributed by atoms with Gasteiger partial charge < -0.3 is 5.11 Å². The monoisotopic (exact) mass is 368 g/mol. The molecule has 1 N–H and O–H groups in total.